The van der Waals surface area contributed by atoms with E-state index >= 15 is 0 Å². The van der Waals surface area contributed by atoms with Crippen LogP contribution in [0, 0.1) is 0 Å². The van der Waals surface area contributed by atoms with Gasteiger partial charge in [0.2, 0.25) is 0 Å². The van der Waals surface area contributed by atoms with Gasteiger partial charge in [-0.1, -0.05) is 0 Å². The van der Waals surface area contributed by atoms with E-state index in [1.807, 2.05) is 0 Å². The molecule has 0 aromatic heterocycles. The number of rotatable bonds is 2. The van der Waals surface area contributed by atoms with Crippen LogP contribution in [0.25, 0.3) is 0 Å². The molecule has 0 spiro atoms. The number of hydrogen-bond donors (Lipinski definition) is 0. The molecule has 1 saturated heterocycles. The van der Waals surface area contributed by atoms with E-state index in [-0.39, 0.29) is 0 Å². The van der Waals surface area contributed by atoms with Crippen LogP contribution < -0.4 is 0 Å². The summed E-state index contributed by atoms with van der Waals surface area (Å²) in [6.45, 7) is 5.10. The van der Waals surface area contributed by atoms with Gasteiger partial charge in [-0.15, -0.1) is 11.6 Å². The molecule has 2 nitrogen and oxygen atoms in total. The van der Waals surface area contributed by atoms with E-state index in [2.05, 4.69) is 7.05 Å². The largest absolute Gasteiger partial charge is 0.370 e. The van der Waals surface area contributed by atoms with E-state index < -0.39 is 0 Å². The summed E-state index contributed by atoms with van der Waals surface area (Å²) < 4.78 is 6.34. The average molecular weight is 165 g/mol. The normalized spacial score (nSPS) is 24.6. The molecular weight excluding hydrogens is 150 g/mol. The molecule has 3 heteroatoms. The van der Waals surface area contributed by atoms with Crippen LogP contribution in [0.5, 0.6) is 0 Å². The van der Waals surface area contributed by atoms with Crippen molar-refractivity contribution in [1.82, 2.24) is 0 Å². The fraction of sp³-hybridized carbons (Fsp3) is 1.00. The molecule has 60 valence electrons. The second-order valence-electron chi connectivity index (χ2n) is 3.09. The first-order valence-corrected chi connectivity index (χ1v) is 4.28. The maximum absolute atomic E-state index is 5.67. The van der Waals surface area contributed by atoms with Crippen LogP contribution in [0.4, 0.5) is 0 Å². The fourth-order valence-corrected chi connectivity index (χ4v) is 1.62. The van der Waals surface area contributed by atoms with Gasteiger partial charge in [-0.3, -0.25) is 0 Å². The third-order valence-electron chi connectivity index (χ3n) is 2.18. The number of alkyl halides is 1. The van der Waals surface area contributed by atoms with Gasteiger partial charge >= 0.3 is 0 Å². The Bertz CT molecular complexity index is 96.3. The molecule has 0 radical (unpaired) electrons. The van der Waals surface area contributed by atoms with Gasteiger partial charge in [-0.25, -0.2) is 0 Å². The summed E-state index contributed by atoms with van der Waals surface area (Å²) in [5.41, 5.74) is 0. The predicted octanol–water partition coefficient (Wildman–Crippen LogP) is 0.702. The highest BCUT2D eigenvalue weighted by molar-refractivity contribution is 6.17. The first-order valence-electron chi connectivity index (χ1n) is 3.74. The molecule has 0 aliphatic carbocycles. The predicted molar refractivity (Wildman–Crippen MR) is 42.3 cm³/mol. The lowest BCUT2D eigenvalue weighted by Crippen LogP contribution is -2.52. The molecule has 0 unspecified atom stereocenters. The van der Waals surface area contributed by atoms with E-state index in [1.165, 1.54) is 0 Å². The van der Waals surface area contributed by atoms with Crippen LogP contribution in [0.15, 0.2) is 0 Å². The zero-order chi connectivity index (χ0) is 7.45. The highest BCUT2D eigenvalue weighted by atomic mass is 35.5. The van der Waals surface area contributed by atoms with Gasteiger partial charge in [0.1, 0.15) is 13.1 Å². The van der Waals surface area contributed by atoms with Crippen molar-refractivity contribution in [2.75, 3.05) is 45.8 Å². The van der Waals surface area contributed by atoms with Gasteiger partial charge in [0.15, 0.2) is 0 Å². The zero-order valence-corrected chi connectivity index (χ0v) is 7.23. The lowest BCUT2D eigenvalue weighted by atomic mass is 10.3. The average Bonchev–Trinajstić information content (AvgIpc) is 1.89. The van der Waals surface area contributed by atoms with E-state index in [0.29, 0.717) is 0 Å². The Morgan fingerprint density at radius 1 is 1.40 bits per heavy atom. The van der Waals surface area contributed by atoms with Crippen molar-refractivity contribution in [3.05, 3.63) is 0 Å². The molecule has 1 heterocycles. The third-order valence-corrected chi connectivity index (χ3v) is 2.34. The van der Waals surface area contributed by atoms with Crippen molar-refractivity contribution in [3.8, 4) is 0 Å². The van der Waals surface area contributed by atoms with Crippen LogP contribution in [0.3, 0.4) is 0 Å². The quantitative estimate of drug-likeness (QED) is 0.432. The molecular formula is C7H15ClNO+. The SMILES string of the molecule is C[N+]1(CCCl)CCOCC1. The molecule has 0 aromatic carbocycles. The van der Waals surface area contributed by atoms with Crippen LogP contribution in [-0.4, -0.2) is 50.3 Å². The fourth-order valence-electron chi connectivity index (χ4n) is 1.21. The Morgan fingerprint density at radius 2 is 2.00 bits per heavy atom. The summed E-state index contributed by atoms with van der Waals surface area (Å²) in [4.78, 5) is 0. The van der Waals surface area contributed by atoms with Crippen LogP contribution in [0.1, 0.15) is 0 Å². The van der Waals surface area contributed by atoms with E-state index in [0.717, 1.165) is 43.2 Å². The summed E-state index contributed by atoms with van der Waals surface area (Å²) in [7, 11) is 2.24. The number of morpholine rings is 1. The summed E-state index contributed by atoms with van der Waals surface area (Å²) >= 11 is 5.67. The number of nitrogens with zero attached hydrogens (tertiary/aromatic N) is 1. The minimum atomic E-state index is 0.760. The van der Waals surface area contributed by atoms with Crippen molar-refractivity contribution in [1.29, 1.82) is 0 Å². The Labute approximate surface area is 67.3 Å². The summed E-state index contributed by atoms with van der Waals surface area (Å²) in [5.74, 6) is 0.760. The smallest absolute Gasteiger partial charge is 0.102 e. The Morgan fingerprint density at radius 3 is 2.50 bits per heavy atom. The number of halogens is 1. The van der Waals surface area contributed by atoms with Crippen molar-refractivity contribution in [3.63, 3.8) is 0 Å². The van der Waals surface area contributed by atoms with Crippen molar-refractivity contribution in [2.24, 2.45) is 0 Å². The maximum Gasteiger partial charge on any atom is 0.102 e. The maximum atomic E-state index is 5.67. The molecule has 0 aromatic rings. The van der Waals surface area contributed by atoms with Crippen molar-refractivity contribution < 1.29 is 9.22 Å². The number of quaternary nitrogens is 1. The van der Waals surface area contributed by atoms with E-state index in [4.69, 9.17) is 16.3 Å². The monoisotopic (exact) mass is 164 g/mol. The first-order chi connectivity index (χ1) is 4.77. The Kier molecular flexibility index (Phi) is 2.96. The van der Waals surface area contributed by atoms with Gasteiger partial charge < -0.3 is 9.22 Å². The molecule has 0 saturated carbocycles. The van der Waals surface area contributed by atoms with Crippen molar-refractivity contribution in [2.45, 2.75) is 0 Å². The summed E-state index contributed by atoms with van der Waals surface area (Å²) in [5, 5.41) is 0. The van der Waals surface area contributed by atoms with Crippen LogP contribution in [-0.2, 0) is 4.74 Å². The lowest BCUT2D eigenvalue weighted by molar-refractivity contribution is -0.914. The highest BCUT2D eigenvalue weighted by Gasteiger charge is 2.23. The highest BCUT2D eigenvalue weighted by Crippen LogP contribution is 2.06. The Balaban J connectivity index is 2.32. The molecule has 10 heavy (non-hydrogen) atoms. The minimum Gasteiger partial charge on any atom is -0.370 e. The van der Waals surface area contributed by atoms with Gasteiger partial charge in [-0.05, 0) is 0 Å². The molecule has 0 N–H and O–H groups in total. The van der Waals surface area contributed by atoms with Crippen LogP contribution in [0.2, 0.25) is 0 Å². The first kappa shape index (κ1) is 8.31. The number of likely N-dealkylation sites (N-methyl/N-ethyl adjacent to an activating group) is 1. The molecule has 1 aliphatic heterocycles. The number of hydrogen-bond acceptors (Lipinski definition) is 1. The molecule has 0 atom stereocenters. The van der Waals surface area contributed by atoms with Gasteiger partial charge in [0.05, 0.1) is 32.7 Å². The topological polar surface area (TPSA) is 9.23 Å². The van der Waals surface area contributed by atoms with E-state index in [1.54, 1.807) is 0 Å². The Hall–Kier alpha value is 0.210. The van der Waals surface area contributed by atoms with E-state index in [9.17, 15) is 0 Å². The second kappa shape index (κ2) is 3.56. The summed E-state index contributed by atoms with van der Waals surface area (Å²) in [6, 6.07) is 0. The molecule has 0 amide bonds. The standard InChI is InChI=1S/C7H15ClNO/c1-9(3-2-8)4-6-10-7-5-9/h2-7H2,1H3/q+1. The number of ether oxygens (including phenoxy) is 1. The van der Waals surface area contributed by atoms with Gasteiger partial charge in [0.25, 0.3) is 0 Å². The van der Waals surface area contributed by atoms with Gasteiger partial charge in [-0.2, -0.15) is 0 Å². The van der Waals surface area contributed by atoms with Crippen LogP contribution >= 0.6 is 11.6 Å². The second-order valence-corrected chi connectivity index (χ2v) is 3.47. The van der Waals surface area contributed by atoms with Crippen molar-refractivity contribution >= 4 is 11.6 Å². The lowest BCUT2D eigenvalue weighted by Gasteiger charge is -2.36. The molecule has 1 aliphatic rings. The zero-order valence-electron chi connectivity index (χ0n) is 6.48. The minimum absolute atomic E-state index is 0.760. The molecule has 1 rings (SSSR count). The van der Waals surface area contributed by atoms with Gasteiger partial charge in [0, 0.05) is 0 Å². The molecule has 1 fully saturated rings. The third kappa shape index (κ3) is 2.11. The summed E-state index contributed by atoms with van der Waals surface area (Å²) in [6.07, 6.45) is 0. The molecule has 0 bridgehead atoms.